The van der Waals surface area contributed by atoms with Crippen molar-refractivity contribution in [3.8, 4) is 0 Å². The number of aryl methyl sites for hydroxylation is 1. The van der Waals surface area contributed by atoms with Crippen molar-refractivity contribution in [1.29, 1.82) is 0 Å². The van der Waals surface area contributed by atoms with Crippen molar-refractivity contribution in [1.82, 2.24) is 9.97 Å². The Bertz CT molecular complexity index is 558. The molecule has 2 N–H and O–H groups in total. The SMILES string of the molecule is Cc1nc2ccc(NC3CCCC(C)CC3)cc2[nH]1. The quantitative estimate of drug-likeness (QED) is 0.789. The van der Waals surface area contributed by atoms with Gasteiger partial charge in [-0.05, 0) is 50.3 Å². The van der Waals surface area contributed by atoms with Gasteiger partial charge in [0.25, 0.3) is 0 Å². The molecule has 1 heterocycles. The fourth-order valence-corrected chi connectivity index (χ4v) is 3.09. The normalized spacial score (nSPS) is 24.3. The van der Waals surface area contributed by atoms with E-state index in [0.29, 0.717) is 6.04 Å². The van der Waals surface area contributed by atoms with Gasteiger partial charge in [0, 0.05) is 11.7 Å². The van der Waals surface area contributed by atoms with Crippen LogP contribution >= 0.6 is 0 Å². The summed E-state index contributed by atoms with van der Waals surface area (Å²) in [5, 5.41) is 3.70. The van der Waals surface area contributed by atoms with Gasteiger partial charge in [0.05, 0.1) is 11.0 Å². The molecule has 0 saturated heterocycles. The number of hydrogen-bond donors (Lipinski definition) is 2. The molecule has 1 aromatic heterocycles. The van der Waals surface area contributed by atoms with Crippen LogP contribution in [0.5, 0.6) is 0 Å². The lowest BCUT2D eigenvalue weighted by atomic mass is 10.0. The number of nitrogens with one attached hydrogen (secondary N) is 2. The van der Waals surface area contributed by atoms with Crippen molar-refractivity contribution in [2.45, 2.75) is 52.0 Å². The smallest absolute Gasteiger partial charge is 0.104 e. The number of H-pyrrole nitrogens is 1. The predicted octanol–water partition coefficient (Wildman–Crippen LogP) is 4.25. The van der Waals surface area contributed by atoms with E-state index in [2.05, 4.69) is 40.4 Å². The Hall–Kier alpha value is -1.51. The predicted molar refractivity (Wildman–Crippen MR) is 80.5 cm³/mol. The lowest BCUT2D eigenvalue weighted by Crippen LogP contribution is -2.18. The highest BCUT2D eigenvalue weighted by atomic mass is 14.9. The maximum absolute atomic E-state index is 4.44. The Kier molecular flexibility index (Phi) is 3.45. The van der Waals surface area contributed by atoms with Crippen LogP contribution in [0.25, 0.3) is 11.0 Å². The van der Waals surface area contributed by atoms with E-state index in [1.807, 2.05) is 6.92 Å². The molecule has 2 aromatic rings. The first kappa shape index (κ1) is 12.5. The maximum atomic E-state index is 4.44. The highest BCUT2D eigenvalue weighted by Gasteiger charge is 2.16. The molecule has 1 aromatic carbocycles. The second-order valence-electron chi connectivity index (χ2n) is 6.01. The molecule has 0 spiro atoms. The van der Waals surface area contributed by atoms with Crippen LogP contribution in [0.2, 0.25) is 0 Å². The zero-order chi connectivity index (χ0) is 13.2. The second-order valence-corrected chi connectivity index (χ2v) is 6.01. The van der Waals surface area contributed by atoms with E-state index in [1.165, 1.54) is 37.8 Å². The second kappa shape index (κ2) is 5.24. The van der Waals surface area contributed by atoms with Crippen LogP contribution in [0.3, 0.4) is 0 Å². The lowest BCUT2D eigenvalue weighted by Gasteiger charge is -2.17. The molecule has 2 atom stereocenters. The molecule has 19 heavy (non-hydrogen) atoms. The molecule has 0 aliphatic heterocycles. The van der Waals surface area contributed by atoms with Crippen LogP contribution < -0.4 is 5.32 Å². The molecule has 1 aliphatic rings. The Labute approximate surface area is 114 Å². The third-order valence-electron chi connectivity index (χ3n) is 4.23. The van der Waals surface area contributed by atoms with Gasteiger partial charge >= 0.3 is 0 Å². The first-order valence-electron chi connectivity index (χ1n) is 7.43. The zero-order valence-corrected chi connectivity index (χ0v) is 11.9. The maximum Gasteiger partial charge on any atom is 0.104 e. The van der Waals surface area contributed by atoms with E-state index in [9.17, 15) is 0 Å². The molecule has 1 fully saturated rings. The minimum Gasteiger partial charge on any atom is -0.382 e. The van der Waals surface area contributed by atoms with Gasteiger partial charge in [0.2, 0.25) is 0 Å². The number of nitrogens with zero attached hydrogens (tertiary/aromatic N) is 1. The molecule has 3 rings (SSSR count). The molecule has 1 aliphatic carbocycles. The number of aromatic amines is 1. The largest absolute Gasteiger partial charge is 0.382 e. The lowest BCUT2D eigenvalue weighted by molar-refractivity contribution is 0.502. The summed E-state index contributed by atoms with van der Waals surface area (Å²) < 4.78 is 0. The topological polar surface area (TPSA) is 40.7 Å². The van der Waals surface area contributed by atoms with Crippen molar-refractivity contribution < 1.29 is 0 Å². The summed E-state index contributed by atoms with van der Waals surface area (Å²) in [4.78, 5) is 7.75. The standard InChI is InChI=1S/C16H23N3/c1-11-4-3-5-13(7-6-11)19-14-8-9-15-16(10-14)18-12(2)17-15/h8-11,13,19H,3-7H2,1-2H3,(H,17,18). The number of imidazole rings is 1. The van der Waals surface area contributed by atoms with Crippen LogP contribution in [0.15, 0.2) is 18.2 Å². The minimum absolute atomic E-state index is 0.631. The van der Waals surface area contributed by atoms with E-state index in [4.69, 9.17) is 0 Å². The van der Waals surface area contributed by atoms with Crippen LogP contribution in [-0.4, -0.2) is 16.0 Å². The summed E-state index contributed by atoms with van der Waals surface area (Å²) in [6, 6.07) is 7.06. The number of fused-ring (bicyclic) bond motifs is 1. The average Bonchev–Trinajstić information content (AvgIpc) is 2.62. The fourth-order valence-electron chi connectivity index (χ4n) is 3.09. The van der Waals surface area contributed by atoms with Crippen molar-refractivity contribution >= 4 is 16.7 Å². The molecule has 0 radical (unpaired) electrons. The van der Waals surface area contributed by atoms with E-state index in [1.54, 1.807) is 0 Å². The first-order valence-corrected chi connectivity index (χ1v) is 7.43. The fraction of sp³-hybridized carbons (Fsp3) is 0.562. The zero-order valence-electron chi connectivity index (χ0n) is 11.9. The van der Waals surface area contributed by atoms with E-state index in [-0.39, 0.29) is 0 Å². The first-order chi connectivity index (χ1) is 9.20. The van der Waals surface area contributed by atoms with Gasteiger partial charge in [-0.1, -0.05) is 19.8 Å². The summed E-state index contributed by atoms with van der Waals surface area (Å²) in [5.74, 6) is 1.87. The van der Waals surface area contributed by atoms with Gasteiger partial charge < -0.3 is 10.3 Å². The number of aromatic nitrogens is 2. The number of rotatable bonds is 2. The summed E-state index contributed by atoms with van der Waals surface area (Å²) in [6.45, 7) is 4.38. The van der Waals surface area contributed by atoms with Gasteiger partial charge in [-0.15, -0.1) is 0 Å². The highest BCUT2D eigenvalue weighted by molar-refractivity contribution is 5.79. The molecule has 3 nitrogen and oxygen atoms in total. The summed E-state index contributed by atoms with van der Waals surface area (Å²) in [6.07, 6.45) is 6.68. The van der Waals surface area contributed by atoms with Crippen LogP contribution in [0, 0.1) is 12.8 Å². The molecule has 0 bridgehead atoms. The van der Waals surface area contributed by atoms with E-state index >= 15 is 0 Å². The molecule has 3 heteroatoms. The summed E-state index contributed by atoms with van der Waals surface area (Å²) in [7, 11) is 0. The van der Waals surface area contributed by atoms with E-state index in [0.717, 1.165) is 22.8 Å². The average molecular weight is 257 g/mol. The monoisotopic (exact) mass is 257 g/mol. The Morgan fingerprint density at radius 1 is 1.21 bits per heavy atom. The van der Waals surface area contributed by atoms with E-state index < -0.39 is 0 Å². The molecule has 102 valence electrons. The van der Waals surface area contributed by atoms with Gasteiger partial charge in [0.15, 0.2) is 0 Å². The Balaban J connectivity index is 1.73. The minimum atomic E-state index is 0.631. The third kappa shape index (κ3) is 2.91. The highest BCUT2D eigenvalue weighted by Crippen LogP contribution is 2.26. The number of benzene rings is 1. The summed E-state index contributed by atoms with van der Waals surface area (Å²) >= 11 is 0. The van der Waals surface area contributed by atoms with Crippen molar-refractivity contribution in [3.05, 3.63) is 24.0 Å². The van der Waals surface area contributed by atoms with Gasteiger partial charge in [-0.3, -0.25) is 0 Å². The number of anilines is 1. The number of hydrogen-bond acceptors (Lipinski definition) is 2. The molecular weight excluding hydrogens is 234 g/mol. The molecular formula is C16H23N3. The molecule has 2 unspecified atom stereocenters. The van der Waals surface area contributed by atoms with Crippen molar-refractivity contribution in [2.75, 3.05) is 5.32 Å². The van der Waals surface area contributed by atoms with Gasteiger partial charge in [0.1, 0.15) is 5.82 Å². The molecule has 0 amide bonds. The van der Waals surface area contributed by atoms with Crippen molar-refractivity contribution in [3.63, 3.8) is 0 Å². The summed E-state index contributed by atoms with van der Waals surface area (Å²) in [5.41, 5.74) is 3.40. The van der Waals surface area contributed by atoms with Crippen LogP contribution in [0.4, 0.5) is 5.69 Å². The van der Waals surface area contributed by atoms with Crippen LogP contribution in [-0.2, 0) is 0 Å². The Morgan fingerprint density at radius 2 is 2.11 bits per heavy atom. The van der Waals surface area contributed by atoms with Crippen LogP contribution in [0.1, 0.15) is 44.9 Å². The van der Waals surface area contributed by atoms with Gasteiger partial charge in [-0.25, -0.2) is 4.98 Å². The third-order valence-corrected chi connectivity index (χ3v) is 4.23. The Morgan fingerprint density at radius 3 is 3.00 bits per heavy atom. The molecule has 1 saturated carbocycles. The van der Waals surface area contributed by atoms with Gasteiger partial charge in [-0.2, -0.15) is 0 Å². The van der Waals surface area contributed by atoms with Crippen molar-refractivity contribution in [2.24, 2.45) is 5.92 Å².